The van der Waals surface area contributed by atoms with Crippen LogP contribution in [0.4, 0.5) is 105 Å². The standard InChI is InChI=1S/C32H12BF24.C30H39O6S/c34-25(35,36)13-1-14(26(37,38)39)6-21(5-13)33(22-7-15(27(40,41)42)2-16(8-22)28(43,44)45,23-9-17(29(46,47)48)3-18(10-23)30(49,50)51)24-11-19(31(52,53)54)4-20(12-24)32(55,56)57;1-3-31-18-20-33-22-24-35-27-14-8-10-16-29(27)37(26-12-6-5-7-13-26)30-17-11-9-15-28(30)36-25-23-34-21-19-32-4-2/h1-12H;5-17H,3-4,18-25H2,1-2H3/q-1;+1. The lowest BCUT2D eigenvalue weighted by atomic mass is 9.12. The summed E-state index contributed by atoms with van der Waals surface area (Å²) in [5.74, 6) is 1.69. The fraction of sp³-hybridized carbons (Fsp3) is 0.323. The lowest BCUT2D eigenvalue weighted by Crippen LogP contribution is -2.75. The average Bonchev–Trinajstić information content (AvgIpc) is 0.709. The highest BCUT2D eigenvalue weighted by molar-refractivity contribution is 7.97. The Morgan fingerprint density at radius 1 is 0.277 bits per heavy atom. The maximum absolute atomic E-state index is 14.2. The van der Waals surface area contributed by atoms with Gasteiger partial charge in [-0.1, -0.05) is 91.0 Å². The van der Waals surface area contributed by atoms with Crippen molar-refractivity contribution in [3.05, 3.63) is 196 Å². The van der Waals surface area contributed by atoms with Crippen LogP contribution in [0.3, 0.4) is 0 Å². The van der Waals surface area contributed by atoms with Crippen LogP contribution < -0.4 is 31.3 Å². The largest absolute Gasteiger partial charge is 0.486 e. The lowest BCUT2D eigenvalue weighted by Gasteiger charge is -2.46. The molecule has 7 aromatic rings. The molecule has 0 radical (unpaired) electrons. The number of hydrogen-bond acceptors (Lipinski definition) is 6. The molecule has 32 heteroatoms. The monoisotopic (exact) mass is 1390 g/mol. The summed E-state index contributed by atoms with van der Waals surface area (Å²) in [5.41, 5.74) is -30.2. The third kappa shape index (κ3) is 19.9. The minimum atomic E-state index is -6.13. The summed E-state index contributed by atoms with van der Waals surface area (Å²) < 4.78 is 375. The van der Waals surface area contributed by atoms with Crippen LogP contribution >= 0.6 is 0 Å². The van der Waals surface area contributed by atoms with E-state index in [0.717, 1.165) is 21.3 Å². The fourth-order valence-corrected chi connectivity index (χ4v) is 11.9. The van der Waals surface area contributed by atoms with Gasteiger partial charge in [0, 0.05) is 13.2 Å². The molecule has 512 valence electrons. The van der Waals surface area contributed by atoms with Gasteiger partial charge in [0.15, 0.2) is 16.4 Å². The van der Waals surface area contributed by atoms with E-state index in [0.29, 0.717) is 66.1 Å². The molecular weight excluding hydrogens is 1340 g/mol. The van der Waals surface area contributed by atoms with Gasteiger partial charge in [-0.25, -0.2) is 0 Å². The second-order valence-corrected chi connectivity index (χ2v) is 22.0. The topological polar surface area (TPSA) is 55.4 Å². The van der Waals surface area contributed by atoms with Gasteiger partial charge in [-0.15, -0.1) is 0 Å². The zero-order valence-corrected chi connectivity index (χ0v) is 49.3. The van der Waals surface area contributed by atoms with E-state index in [9.17, 15) is 105 Å². The predicted molar refractivity (Wildman–Crippen MR) is 297 cm³/mol. The number of hydrogen-bond donors (Lipinski definition) is 0. The van der Waals surface area contributed by atoms with E-state index in [1.807, 2.05) is 44.2 Å². The number of para-hydroxylation sites is 2. The number of alkyl halides is 24. The molecule has 7 aromatic carbocycles. The van der Waals surface area contributed by atoms with Gasteiger partial charge < -0.3 is 28.4 Å². The van der Waals surface area contributed by atoms with Crippen LogP contribution in [0.15, 0.2) is 166 Å². The van der Waals surface area contributed by atoms with Crippen molar-refractivity contribution in [3.63, 3.8) is 0 Å². The summed E-state index contributed by atoms with van der Waals surface area (Å²) in [7, 11) is -0.432. The van der Waals surface area contributed by atoms with E-state index in [1.54, 1.807) is 0 Å². The van der Waals surface area contributed by atoms with Crippen molar-refractivity contribution in [2.45, 2.75) is 77.9 Å². The highest BCUT2D eigenvalue weighted by Gasteiger charge is 2.47. The Labute approximate surface area is 522 Å². The molecular formula is C62H51BF24O6S. The summed E-state index contributed by atoms with van der Waals surface area (Å²) in [4.78, 5) is 3.40. The Kier molecular flexibility index (Phi) is 24.7. The van der Waals surface area contributed by atoms with Crippen LogP contribution in [0, 0.1) is 0 Å². The number of halogens is 24. The highest BCUT2D eigenvalue weighted by atomic mass is 32.2. The molecule has 0 fully saturated rings. The van der Waals surface area contributed by atoms with Gasteiger partial charge >= 0.3 is 49.4 Å². The molecule has 0 amide bonds. The van der Waals surface area contributed by atoms with Crippen LogP contribution in [0.5, 0.6) is 11.5 Å². The van der Waals surface area contributed by atoms with E-state index in [4.69, 9.17) is 28.4 Å². The Balaban J connectivity index is 0.000000326. The van der Waals surface area contributed by atoms with Gasteiger partial charge in [0.2, 0.25) is 9.79 Å². The average molecular weight is 1390 g/mol. The summed E-state index contributed by atoms with van der Waals surface area (Å²) >= 11 is 0. The van der Waals surface area contributed by atoms with Gasteiger partial charge in [-0.05, 0) is 74.5 Å². The van der Waals surface area contributed by atoms with Crippen molar-refractivity contribution >= 4 is 38.9 Å². The molecule has 6 nitrogen and oxygen atoms in total. The van der Waals surface area contributed by atoms with Gasteiger partial charge in [-0.3, -0.25) is 0 Å². The van der Waals surface area contributed by atoms with Crippen LogP contribution in [0.2, 0.25) is 0 Å². The molecule has 0 aliphatic heterocycles. The van der Waals surface area contributed by atoms with Gasteiger partial charge in [-0.2, -0.15) is 127 Å². The molecule has 0 saturated carbocycles. The first-order chi connectivity index (χ1) is 43.6. The van der Waals surface area contributed by atoms with Crippen molar-refractivity contribution in [2.75, 3.05) is 66.1 Å². The summed E-state index contributed by atoms with van der Waals surface area (Å²) in [6.07, 6.45) is -54.8. The molecule has 0 aliphatic carbocycles. The Hall–Kier alpha value is -7.29. The second-order valence-electron chi connectivity index (χ2n) is 20.1. The molecule has 0 N–H and O–H groups in total. The summed E-state index contributed by atoms with van der Waals surface area (Å²) in [5, 5.41) is 0. The lowest BCUT2D eigenvalue weighted by molar-refractivity contribution is -0.144. The van der Waals surface area contributed by atoms with Crippen molar-refractivity contribution in [1.29, 1.82) is 0 Å². The molecule has 0 aromatic heterocycles. The van der Waals surface area contributed by atoms with E-state index in [-0.39, 0.29) is 0 Å². The maximum atomic E-state index is 14.2. The molecule has 0 aliphatic rings. The van der Waals surface area contributed by atoms with Crippen LogP contribution in [0.25, 0.3) is 0 Å². The normalized spacial score (nSPS) is 13.1. The van der Waals surface area contributed by atoms with Gasteiger partial charge in [0.05, 0.1) is 84.1 Å². The van der Waals surface area contributed by atoms with Crippen LogP contribution in [-0.2, 0) is 79.3 Å². The molecule has 0 heterocycles. The summed E-state index contributed by atoms with van der Waals surface area (Å²) in [6.45, 7) is 9.60. The molecule has 0 bridgehead atoms. The Bertz CT molecular complexity index is 3100. The summed E-state index contributed by atoms with van der Waals surface area (Å²) in [6, 6.07) is 18.1. The fourth-order valence-electron chi connectivity index (χ4n) is 9.63. The maximum Gasteiger partial charge on any atom is 0.416 e. The SMILES string of the molecule is CCOCCOCCOc1ccccc1[S+](c1ccccc1)c1ccccc1OCCOCCOCC.FC(F)(F)c1cc([B-](c2cc(C(F)(F)F)cc(C(F)(F)F)c2)(c2cc(C(F)(F)F)cc(C(F)(F)F)c2)c2cc(C(F)(F)F)cc(C(F)(F)F)c2)cc(C(F)(F)F)c1. The van der Waals surface area contributed by atoms with Crippen molar-refractivity contribution in [2.24, 2.45) is 0 Å². The van der Waals surface area contributed by atoms with E-state index in [2.05, 4.69) is 48.5 Å². The van der Waals surface area contributed by atoms with Crippen molar-refractivity contribution in [1.82, 2.24) is 0 Å². The van der Waals surface area contributed by atoms with Crippen LogP contribution in [0.1, 0.15) is 58.4 Å². The molecule has 0 unspecified atom stereocenters. The predicted octanol–water partition coefficient (Wildman–Crippen LogP) is 16.9. The third-order valence-electron chi connectivity index (χ3n) is 13.7. The van der Waals surface area contributed by atoms with E-state index >= 15 is 0 Å². The smallest absolute Gasteiger partial charge is 0.416 e. The van der Waals surface area contributed by atoms with Crippen molar-refractivity contribution < 1.29 is 134 Å². The van der Waals surface area contributed by atoms with E-state index in [1.165, 1.54) is 4.90 Å². The first kappa shape index (κ1) is 75.7. The molecule has 94 heavy (non-hydrogen) atoms. The number of ether oxygens (including phenoxy) is 6. The first-order valence-corrected chi connectivity index (χ1v) is 28.7. The Morgan fingerprint density at radius 3 is 0.745 bits per heavy atom. The van der Waals surface area contributed by atoms with Gasteiger partial charge in [0.25, 0.3) is 0 Å². The highest BCUT2D eigenvalue weighted by Crippen LogP contribution is 2.44. The van der Waals surface area contributed by atoms with Crippen molar-refractivity contribution in [3.8, 4) is 11.5 Å². The molecule has 7 rings (SSSR count). The Morgan fingerprint density at radius 2 is 0.500 bits per heavy atom. The zero-order valence-electron chi connectivity index (χ0n) is 48.5. The third-order valence-corrected chi connectivity index (χ3v) is 16.0. The number of benzene rings is 7. The zero-order chi connectivity index (χ0) is 69.9. The van der Waals surface area contributed by atoms with E-state index < -0.39 is 206 Å². The van der Waals surface area contributed by atoms with Gasteiger partial charge in [0.1, 0.15) is 30.3 Å². The first-order valence-electron chi connectivity index (χ1n) is 27.5. The molecule has 0 spiro atoms. The van der Waals surface area contributed by atoms with Crippen LogP contribution in [-0.4, -0.2) is 72.2 Å². The minimum Gasteiger partial charge on any atom is -0.486 e. The number of rotatable bonds is 23. The molecule has 0 atom stereocenters. The molecule has 0 saturated heterocycles. The minimum absolute atomic E-state index is 0.432. The quantitative estimate of drug-likeness (QED) is 0.0275. The second kappa shape index (κ2) is 30.6.